The first-order chi connectivity index (χ1) is 8.56. The average molecular weight is 284 g/mol. The van der Waals surface area contributed by atoms with E-state index in [1.807, 2.05) is 12.1 Å². The van der Waals surface area contributed by atoms with Gasteiger partial charge in [-0.3, -0.25) is 4.79 Å². The van der Waals surface area contributed by atoms with Gasteiger partial charge in [0.2, 0.25) is 0 Å². The van der Waals surface area contributed by atoms with Crippen molar-refractivity contribution in [2.24, 2.45) is 0 Å². The highest BCUT2D eigenvalue weighted by molar-refractivity contribution is 6.30. The Hall–Kier alpha value is -1.45. The Bertz CT molecular complexity index is 548. The number of benzene rings is 1. The Morgan fingerprint density at radius 3 is 2.39 bits per heavy atom. The SMILES string of the molecule is CN(Cc1ccc(Cl)cc1)C(=O)c1ccc(Cl)o1. The lowest BCUT2D eigenvalue weighted by atomic mass is 10.2. The molecule has 0 fully saturated rings. The summed E-state index contributed by atoms with van der Waals surface area (Å²) < 4.78 is 5.08. The second-order valence-electron chi connectivity index (χ2n) is 3.89. The number of furan rings is 1. The Morgan fingerprint density at radius 2 is 1.83 bits per heavy atom. The molecule has 2 rings (SSSR count). The highest BCUT2D eigenvalue weighted by Gasteiger charge is 2.15. The number of nitrogens with zero attached hydrogens (tertiary/aromatic N) is 1. The number of halogens is 2. The van der Waals surface area contributed by atoms with Crippen LogP contribution in [0.25, 0.3) is 0 Å². The van der Waals surface area contributed by atoms with Gasteiger partial charge in [0.25, 0.3) is 5.91 Å². The van der Waals surface area contributed by atoms with Crippen LogP contribution in [0.15, 0.2) is 40.8 Å². The fourth-order valence-corrected chi connectivity index (χ4v) is 1.82. The summed E-state index contributed by atoms with van der Waals surface area (Å²) in [5.41, 5.74) is 0.993. The zero-order valence-electron chi connectivity index (χ0n) is 9.69. The van der Waals surface area contributed by atoms with Gasteiger partial charge in [0, 0.05) is 18.6 Å². The minimum absolute atomic E-state index is 0.207. The van der Waals surface area contributed by atoms with Crippen LogP contribution in [0.2, 0.25) is 10.2 Å². The summed E-state index contributed by atoms with van der Waals surface area (Å²) in [6, 6.07) is 10.4. The summed E-state index contributed by atoms with van der Waals surface area (Å²) in [5.74, 6) is 0.0216. The Balaban J connectivity index is 2.05. The van der Waals surface area contributed by atoms with Crippen LogP contribution < -0.4 is 0 Å². The minimum Gasteiger partial charge on any atom is -0.440 e. The molecule has 0 N–H and O–H groups in total. The molecule has 1 amide bonds. The maximum Gasteiger partial charge on any atom is 0.289 e. The lowest BCUT2D eigenvalue weighted by Gasteiger charge is -2.15. The Labute approximate surface area is 115 Å². The molecular formula is C13H11Cl2NO2. The summed E-state index contributed by atoms with van der Waals surface area (Å²) in [5, 5.41) is 0.879. The predicted molar refractivity (Wildman–Crippen MR) is 71.0 cm³/mol. The molecule has 0 aliphatic rings. The molecule has 0 bridgehead atoms. The largest absolute Gasteiger partial charge is 0.440 e. The van der Waals surface area contributed by atoms with Crippen molar-refractivity contribution in [3.8, 4) is 0 Å². The first kappa shape index (κ1) is 13.0. The van der Waals surface area contributed by atoms with Crippen molar-refractivity contribution >= 4 is 29.1 Å². The van der Waals surface area contributed by atoms with E-state index in [1.54, 1.807) is 36.2 Å². The van der Waals surface area contributed by atoms with Crippen molar-refractivity contribution in [1.82, 2.24) is 4.90 Å². The van der Waals surface area contributed by atoms with E-state index in [1.165, 1.54) is 0 Å². The fraction of sp³-hybridized carbons (Fsp3) is 0.154. The van der Waals surface area contributed by atoms with Crippen LogP contribution in [0.1, 0.15) is 16.1 Å². The summed E-state index contributed by atoms with van der Waals surface area (Å²) in [6.07, 6.45) is 0. The molecule has 1 aromatic heterocycles. The van der Waals surface area contributed by atoms with Gasteiger partial charge in [-0.2, -0.15) is 0 Å². The number of hydrogen-bond acceptors (Lipinski definition) is 2. The molecule has 5 heteroatoms. The molecule has 0 unspecified atom stereocenters. The van der Waals surface area contributed by atoms with Gasteiger partial charge in [-0.15, -0.1) is 0 Å². The summed E-state index contributed by atoms with van der Waals surface area (Å²) in [4.78, 5) is 13.5. The number of carbonyl (C=O) groups is 1. The predicted octanol–water partition coefficient (Wildman–Crippen LogP) is 3.86. The van der Waals surface area contributed by atoms with Crippen molar-refractivity contribution < 1.29 is 9.21 Å². The van der Waals surface area contributed by atoms with Crippen LogP contribution in [-0.4, -0.2) is 17.9 Å². The third kappa shape index (κ3) is 3.06. The van der Waals surface area contributed by atoms with Gasteiger partial charge < -0.3 is 9.32 Å². The van der Waals surface area contributed by atoms with Crippen LogP contribution in [0.4, 0.5) is 0 Å². The third-order valence-corrected chi connectivity index (χ3v) is 2.92. The van der Waals surface area contributed by atoms with Crippen LogP contribution in [-0.2, 0) is 6.54 Å². The van der Waals surface area contributed by atoms with Crippen LogP contribution in [0.3, 0.4) is 0 Å². The molecule has 2 aromatic rings. The van der Waals surface area contributed by atoms with E-state index < -0.39 is 0 Å². The second kappa shape index (κ2) is 5.46. The van der Waals surface area contributed by atoms with Crippen LogP contribution in [0, 0.1) is 0 Å². The van der Waals surface area contributed by atoms with Gasteiger partial charge in [0.05, 0.1) is 0 Å². The molecule has 0 aliphatic carbocycles. The van der Waals surface area contributed by atoms with Gasteiger partial charge in [-0.05, 0) is 41.4 Å². The van der Waals surface area contributed by atoms with Crippen LogP contribution in [0.5, 0.6) is 0 Å². The Kier molecular flexibility index (Phi) is 3.94. The zero-order chi connectivity index (χ0) is 13.1. The average Bonchev–Trinajstić information content (AvgIpc) is 2.78. The summed E-state index contributed by atoms with van der Waals surface area (Å²) in [6.45, 7) is 0.480. The molecule has 0 spiro atoms. The number of rotatable bonds is 3. The number of hydrogen-bond donors (Lipinski definition) is 0. The van der Waals surface area contributed by atoms with E-state index >= 15 is 0 Å². The number of carbonyl (C=O) groups excluding carboxylic acids is 1. The minimum atomic E-state index is -0.211. The van der Waals surface area contributed by atoms with E-state index in [0.29, 0.717) is 11.6 Å². The van der Waals surface area contributed by atoms with Gasteiger partial charge in [-0.1, -0.05) is 23.7 Å². The molecule has 1 heterocycles. The molecule has 0 saturated carbocycles. The topological polar surface area (TPSA) is 33.5 Å². The standard InChI is InChI=1S/C13H11Cl2NO2/c1-16(8-9-2-4-10(14)5-3-9)13(17)11-6-7-12(15)18-11/h2-7H,8H2,1H3. The van der Waals surface area contributed by atoms with Gasteiger partial charge in [0.1, 0.15) is 0 Å². The number of amides is 1. The van der Waals surface area contributed by atoms with E-state index in [-0.39, 0.29) is 16.9 Å². The molecule has 0 aliphatic heterocycles. The van der Waals surface area contributed by atoms with Gasteiger partial charge >= 0.3 is 0 Å². The first-order valence-electron chi connectivity index (χ1n) is 5.31. The molecule has 18 heavy (non-hydrogen) atoms. The lowest BCUT2D eigenvalue weighted by molar-refractivity contribution is 0.0753. The second-order valence-corrected chi connectivity index (χ2v) is 4.70. The highest BCUT2D eigenvalue weighted by atomic mass is 35.5. The monoisotopic (exact) mass is 283 g/mol. The molecule has 3 nitrogen and oxygen atoms in total. The fourth-order valence-electron chi connectivity index (χ4n) is 1.55. The smallest absolute Gasteiger partial charge is 0.289 e. The quantitative estimate of drug-likeness (QED) is 0.857. The maximum atomic E-state index is 12.0. The molecular weight excluding hydrogens is 273 g/mol. The summed E-state index contributed by atoms with van der Waals surface area (Å²) >= 11 is 11.4. The van der Waals surface area contributed by atoms with E-state index in [9.17, 15) is 4.79 Å². The van der Waals surface area contributed by atoms with Crippen LogP contribution >= 0.6 is 23.2 Å². The lowest BCUT2D eigenvalue weighted by Crippen LogP contribution is -2.25. The van der Waals surface area contributed by atoms with Crippen molar-refractivity contribution in [2.45, 2.75) is 6.54 Å². The van der Waals surface area contributed by atoms with E-state index in [4.69, 9.17) is 27.6 Å². The summed E-state index contributed by atoms with van der Waals surface area (Å²) in [7, 11) is 1.70. The van der Waals surface area contributed by atoms with Crippen molar-refractivity contribution in [2.75, 3.05) is 7.05 Å². The van der Waals surface area contributed by atoms with E-state index in [2.05, 4.69) is 0 Å². The highest BCUT2D eigenvalue weighted by Crippen LogP contribution is 2.16. The zero-order valence-corrected chi connectivity index (χ0v) is 11.2. The van der Waals surface area contributed by atoms with Gasteiger partial charge in [-0.25, -0.2) is 0 Å². The normalized spacial score (nSPS) is 10.4. The van der Waals surface area contributed by atoms with Gasteiger partial charge in [0.15, 0.2) is 11.0 Å². The van der Waals surface area contributed by atoms with Crippen molar-refractivity contribution in [3.63, 3.8) is 0 Å². The van der Waals surface area contributed by atoms with Crippen molar-refractivity contribution in [1.29, 1.82) is 0 Å². The molecule has 1 aromatic carbocycles. The van der Waals surface area contributed by atoms with Crippen molar-refractivity contribution in [3.05, 3.63) is 58.0 Å². The van der Waals surface area contributed by atoms with E-state index in [0.717, 1.165) is 5.56 Å². The molecule has 94 valence electrons. The molecule has 0 saturated heterocycles. The molecule has 0 radical (unpaired) electrons. The molecule has 0 atom stereocenters. The maximum absolute atomic E-state index is 12.0. The first-order valence-corrected chi connectivity index (χ1v) is 6.07. The Morgan fingerprint density at radius 1 is 1.17 bits per heavy atom. The third-order valence-electron chi connectivity index (χ3n) is 2.46.